The highest BCUT2D eigenvalue weighted by Gasteiger charge is 2.27. The van der Waals surface area contributed by atoms with Gasteiger partial charge in [0.05, 0.1) is 16.0 Å². The van der Waals surface area contributed by atoms with E-state index in [0.717, 1.165) is 20.2 Å². The van der Waals surface area contributed by atoms with Crippen molar-refractivity contribution in [3.8, 4) is 0 Å². The highest BCUT2D eigenvalue weighted by atomic mass is 79.9. The summed E-state index contributed by atoms with van der Waals surface area (Å²) in [5.74, 6) is 0.252. The number of halogens is 2. The molecule has 2 heterocycles. The van der Waals surface area contributed by atoms with Crippen LogP contribution in [0.2, 0.25) is 0 Å². The van der Waals surface area contributed by atoms with Gasteiger partial charge in [-0.1, -0.05) is 0 Å². The van der Waals surface area contributed by atoms with Gasteiger partial charge in [-0.2, -0.15) is 0 Å². The topological polar surface area (TPSA) is 26.3 Å². The molecule has 0 amide bonds. The van der Waals surface area contributed by atoms with Gasteiger partial charge in [0.1, 0.15) is 0 Å². The van der Waals surface area contributed by atoms with Gasteiger partial charge in [-0.15, -0.1) is 11.3 Å². The molecule has 0 radical (unpaired) electrons. The first-order valence-corrected chi connectivity index (χ1v) is 6.71. The Labute approximate surface area is 103 Å². The number of hydrogen-bond donors (Lipinski definition) is 0. The lowest BCUT2D eigenvalue weighted by Crippen LogP contribution is -2.13. The molecule has 0 aromatic carbocycles. The average Bonchev–Trinajstić information content (AvgIpc) is 2.77. The minimum absolute atomic E-state index is 0.0526. The Bertz CT molecular complexity index is 356. The van der Waals surface area contributed by atoms with Crippen molar-refractivity contribution in [1.82, 2.24) is 0 Å². The van der Waals surface area contributed by atoms with Crippen molar-refractivity contribution in [2.24, 2.45) is 5.92 Å². The second kappa shape index (κ2) is 4.43. The third-order valence-corrected chi connectivity index (χ3v) is 5.75. The zero-order chi connectivity index (χ0) is 10.1. The number of Topliss-reactive ketones (excluding diaryl/α,β-unsaturated/α-hetero) is 1. The largest absolute Gasteiger partial charge is 0.381 e. The molecule has 5 heteroatoms. The summed E-state index contributed by atoms with van der Waals surface area (Å²) in [5, 5.41) is 1.92. The molecule has 2 nitrogen and oxygen atoms in total. The quantitative estimate of drug-likeness (QED) is 0.771. The molecule has 0 saturated carbocycles. The van der Waals surface area contributed by atoms with Crippen molar-refractivity contribution in [3.63, 3.8) is 0 Å². The average molecular weight is 340 g/mol. The number of thiophene rings is 1. The van der Waals surface area contributed by atoms with E-state index in [9.17, 15) is 4.79 Å². The number of carbonyl (C=O) groups is 1. The van der Waals surface area contributed by atoms with Crippen LogP contribution in [0, 0.1) is 5.92 Å². The Hall–Kier alpha value is 0.290. The van der Waals surface area contributed by atoms with Crippen molar-refractivity contribution in [3.05, 3.63) is 19.2 Å². The maximum Gasteiger partial charge on any atom is 0.179 e. The smallest absolute Gasteiger partial charge is 0.179 e. The zero-order valence-electron chi connectivity index (χ0n) is 7.26. The van der Waals surface area contributed by atoms with Gasteiger partial charge in [0.2, 0.25) is 0 Å². The van der Waals surface area contributed by atoms with Crippen LogP contribution >= 0.6 is 43.2 Å². The van der Waals surface area contributed by atoms with Crippen LogP contribution in [0.15, 0.2) is 14.3 Å². The second-order valence-corrected chi connectivity index (χ2v) is 5.68. The van der Waals surface area contributed by atoms with E-state index in [1.165, 1.54) is 11.3 Å². The first-order chi connectivity index (χ1) is 6.70. The Kier molecular flexibility index (Phi) is 3.42. The summed E-state index contributed by atoms with van der Waals surface area (Å²) >= 11 is 8.25. The number of ketones is 1. The van der Waals surface area contributed by atoms with Crippen LogP contribution in [0.5, 0.6) is 0 Å². The Balaban J connectivity index is 2.22. The molecule has 1 unspecified atom stereocenters. The van der Waals surface area contributed by atoms with Crippen molar-refractivity contribution in [2.45, 2.75) is 6.42 Å². The zero-order valence-corrected chi connectivity index (χ0v) is 11.2. The minimum atomic E-state index is 0.0526. The van der Waals surface area contributed by atoms with E-state index in [1.54, 1.807) is 0 Å². The molecule has 2 rings (SSSR count). The predicted octanol–water partition coefficient (Wildman–Crippen LogP) is 3.49. The highest BCUT2D eigenvalue weighted by molar-refractivity contribution is 9.13. The van der Waals surface area contributed by atoms with E-state index in [1.807, 2.05) is 5.38 Å². The standard InChI is InChI=1S/C9H8Br2O2S/c10-6-4-14-9(7(6)11)8(12)5-1-2-13-3-5/h4-5H,1-3H2. The number of hydrogen-bond acceptors (Lipinski definition) is 3. The van der Waals surface area contributed by atoms with Gasteiger partial charge in [0, 0.05) is 22.4 Å². The lowest BCUT2D eigenvalue weighted by atomic mass is 10.0. The normalized spacial score (nSPS) is 21.4. The first kappa shape index (κ1) is 10.8. The minimum Gasteiger partial charge on any atom is -0.381 e. The van der Waals surface area contributed by atoms with E-state index < -0.39 is 0 Å². The van der Waals surface area contributed by atoms with Crippen LogP contribution in [-0.4, -0.2) is 19.0 Å². The van der Waals surface area contributed by atoms with Gasteiger partial charge >= 0.3 is 0 Å². The van der Waals surface area contributed by atoms with E-state index in [-0.39, 0.29) is 11.7 Å². The number of rotatable bonds is 2. The Morgan fingerprint density at radius 3 is 2.86 bits per heavy atom. The molecular formula is C9H8Br2O2S. The van der Waals surface area contributed by atoms with E-state index in [0.29, 0.717) is 13.2 Å². The van der Waals surface area contributed by atoms with Gasteiger partial charge in [0.15, 0.2) is 5.78 Å². The fourth-order valence-corrected chi connectivity index (χ4v) is 3.60. The summed E-state index contributed by atoms with van der Waals surface area (Å²) in [7, 11) is 0. The van der Waals surface area contributed by atoms with Crippen LogP contribution in [-0.2, 0) is 4.74 Å². The fraction of sp³-hybridized carbons (Fsp3) is 0.444. The molecule has 1 aromatic rings. The molecule has 0 spiro atoms. The van der Waals surface area contributed by atoms with Crippen LogP contribution in [0.4, 0.5) is 0 Å². The van der Waals surface area contributed by atoms with E-state index in [4.69, 9.17) is 4.74 Å². The van der Waals surface area contributed by atoms with Gasteiger partial charge in [0.25, 0.3) is 0 Å². The molecule has 1 fully saturated rings. The lowest BCUT2D eigenvalue weighted by Gasteiger charge is -2.04. The third kappa shape index (κ3) is 1.96. The molecule has 0 aliphatic carbocycles. The van der Waals surface area contributed by atoms with Crippen molar-refractivity contribution < 1.29 is 9.53 Å². The Morgan fingerprint density at radius 2 is 2.36 bits per heavy atom. The van der Waals surface area contributed by atoms with E-state index >= 15 is 0 Å². The highest BCUT2D eigenvalue weighted by Crippen LogP contribution is 2.35. The molecule has 1 atom stereocenters. The van der Waals surface area contributed by atoms with Crippen molar-refractivity contribution in [1.29, 1.82) is 0 Å². The molecule has 1 aromatic heterocycles. The molecule has 0 N–H and O–H groups in total. The van der Waals surface area contributed by atoms with Crippen LogP contribution in [0.3, 0.4) is 0 Å². The summed E-state index contributed by atoms with van der Waals surface area (Å²) in [4.78, 5) is 12.8. The summed E-state index contributed by atoms with van der Waals surface area (Å²) in [6.45, 7) is 1.28. The predicted molar refractivity (Wildman–Crippen MR) is 63.0 cm³/mol. The molecule has 14 heavy (non-hydrogen) atoms. The number of ether oxygens (including phenoxy) is 1. The summed E-state index contributed by atoms with van der Waals surface area (Å²) < 4.78 is 7.03. The number of carbonyl (C=O) groups excluding carboxylic acids is 1. The van der Waals surface area contributed by atoms with Gasteiger partial charge in [-0.3, -0.25) is 4.79 Å². The molecule has 0 bridgehead atoms. The Morgan fingerprint density at radius 1 is 1.57 bits per heavy atom. The van der Waals surface area contributed by atoms with Gasteiger partial charge in [-0.05, 0) is 38.3 Å². The summed E-state index contributed by atoms with van der Waals surface area (Å²) in [6.07, 6.45) is 0.848. The molecule has 1 aliphatic heterocycles. The van der Waals surface area contributed by atoms with Crippen molar-refractivity contribution >= 4 is 49.0 Å². The van der Waals surface area contributed by atoms with Crippen LogP contribution in [0.25, 0.3) is 0 Å². The van der Waals surface area contributed by atoms with E-state index in [2.05, 4.69) is 31.9 Å². The third-order valence-electron chi connectivity index (χ3n) is 2.21. The maximum absolute atomic E-state index is 12.0. The SMILES string of the molecule is O=C(c1scc(Br)c1Br)C1CCOC1. The molecular weight excluding hydrogens is 332 g/mol. The van der Waals surface area contributed by atoms with Crippen LogP contribution in [0.1, 0.15) is 16.1 Å². The summed E-state index contributed by atoms with van der Waals surface area (Å²) in [6, 6.07) is 0. The van der Waals surface area contributed by atoms with Crippen molar-refractivity contribution in [2.75, 3.05) is 13.2 Å². The first-order valence-electron chi connectivity index (χ1n) is 4.24. The fourth-order valence-electron chi connectivity index (χ4n) is 1.42. The second-order valence-electron chi connectivity index (χ2n) is 3.15. The van der Waals surface area contributed by atoms with Gasteiger partial charge < -0.3 is 4.74 Å². The summed E-state index contributed by atoms with van der Waals surface area (Å²) in [5.41, 5.74) is 0. The lowest BCUT2D eigenvalue weighted by molar-refractivity contribution is 0.0903. The molecule has 1 aliphatic rings. The monoisotopic (exact) mass is 338 g/mol. The maximum atomic E-state index is 12.0. The molecule has 1 saturated heterocycles. The van der Waals surface area contributed by atoms with Gasteiger partial charge in [-0.25, -0.2) is 0 Å². The molecule has 76 valence electrons. The van der Waals surface area contributed by atoms with Crippen LogP contribution < -0.4 is 0 Å².